The van der Waals surface area contributed by atoms with Crippen LogP contribution in [0.2, 0.25) is 0 Å². The van der Waals surface area contributed by atoms with Crippen LogP contribution in [0.1, 0.15) is 11.1 Å². The fourth-order valence-electron chi connectivity index (χ4n) is 2.32. The predicted octanol–water partition coefficient (Wildman–Crippen LogP) is 3.05. The lowest BCUT2D eigenvalue weighted by molar-refractivity contribution is 0.579. The monoisotopic (exact) mass is 335 g/mol. The molecule has 128 valence electrons. The highest BCUT2D eigenvalue weighted by molar-refractivity contribution is 5.79. The van der Waals surface area contributed by atoms with Gasteiger partial charge in [0.15, 0.2) is 5.96 Å². The number of nitrogens with zero attached hydrogens (tertiary/aromatic N) is 1. The molecule has 0 spiro atoms. The van der Waals surface area contributed by atoms with Gasteiger partial charge >= 0.3 is 0 Å². The van der Waals surface area contributed by atoms with Gasteiger partial charge in [0.05, 0.1) is 0 Å². The van der Waals surface area contributed by atoms with Gasteiger partial charge in [-0.25, -0.2) is 13.2 Å². The van der Waals surface area contributed by atoms with Gasteiger partial charge in [0.25, 0.3) is 0 Å². The van der Waals surface area contributed by atoms with Crippen molar-refractivity contribution in [1.29, 1.82) is 0 Å². The van der Waals surface area contributed by atoms with E-state index in [9.17, 15) is 13.2 Å². The van der Waals surface area contributed by atoms with Gasteiger partial charge in [0.1, 0.15) is 17.5 Å². The minimum Gasteiger partial charge on any atom is -0.356 e. The number of benzene rings is 2. The molecule has 0 aliphatic rings. The Hall–Kier alpha value is -2.50. The van der Waals surface area contributed by atoms with E-state index in [2.05, 4.69) is 15.6 Å². The predicted molar refractivity (Wildman–Crippen MR) is 89.5 cm³/mol. The van der Waals surface area contributed by atoms with Crippen molar-refractivity contribution < 1.29 is 13.2 Å². The molecule has 0 unspecified atom stereocenters. The molecule has 0 aliphatic carbocycles. The number of nitrogens with one attached hydrogen (secondary N) is 2. The Bertz CT molecular complexity index is 681. The lowest BCUT2D eigenvalue weighted by Crippen LogP contribution is -2.39. The largest absolute Gasteiger partial charge is 0.356 e. The standard InChI is InChI=1S/C18H20F3N3/c1-22-18(23-7-5-13-3-2-4-15(19)9-13)24-8-6-14-10-16(20)12-17(21)11-14/h2-4,9-12H,5-8H2,1H3,(H2,22,23,24). The summed E-state index contributed by atoms with van der Waals surface area (Å²) in [5.74, 6) is -0.828. The Balaban J connectivity index is 1.74. The van der Waals surface area contributed by atoms with E-state index >= 15 is 0 Å². The fraction of sp³-hybridized carbons (Fsp3) is 0.278. The van der Waals surface area contributed by atoms with Gasteiger partial charge < -0.3 is 10.6 Å². The molecule has 2 N–H and O–H groups in total. The van der Waals surface area contributed by atoms with Crippen LogP contribution in [0.25, 0.3) is 0 Å². The van der Waals surface area contributed by atoms with Crippen molar-refractivity contribution >= 4 is 5.96 Å². The summed E-state index contributed by atoms with van der Waals surface area (Å²) in [7, 11) is 1.64. The van der Waals surface area contributed by atoms with E-state index in [1.54, 1.807) is 13.1 Å². The molecule has 0 atom stereocenters. The highest BCUT2D eigenvalue weighted by atomic mass is 19.1. The molecule has 0 amide bonds. The maximum Gasteiger partial charge on any atom is 0.190 e. The summed E-state index contributed by atoms with van der Waals surface area (Å²) in [4.78, 5) is 4.08. The van der Waals surface area contributed by atoms with Gasteiger partial charge in [0, 0.05) is 26.2 Å². The Kier molecular flexibility index (Phi) is 6.66. The molecule has 0 fully saturated rings. The summed E-state index contributed by atoms with van der Waals surface area (Å²) < 4.78 is 39.3. The quantitative estimate of drug-likeness (QED) is 0.629. The van der Waals surface area contributed by atoms with Crippen molar-refractivity contribution in [1.82, 2.24) is 10.6 Å². The van der Waals surface area contributed by atoms with Crippen molar-refractivity contribution in [3.63, 3.8) is 0 Å². The minimum absolute atomic E-state index is 0.252. The smallest absolute Gasteiger partial charge is 0.190 e. The molecule has 2 rings (SSSR count). The first-order chi connectivity index (χ1) is 11.6. The molecule has 0 radical (unpaired) electrons. The summed E-state index contributed by atoms with van der Waals surface area (Å²) in [6, 6.07) is 9.91. The Morgan fingerprint density at radius 2 is 1.42 bits per heavy atom. The molecular weight excluding hydrogens is 315 g/mol. The van der Waals surface area contributed by atoms with Crippen molar-refractivity contribution in [2.45, 2.75) is 12.8 Å². The maximum absolute atomic E-state index is 13.1. The van der Waals surface area contributed by atoms with Gasteiger partial charge in [-0.15, -0.1) is 0 Å². The first-order valence-corrected chi connectivity index (χ1v) is 7.71. The van der Waals surface area contributed by atoms with Crippen LogP contribution in [0.3, 0.4) is 0 Å². The van der Waals surface area contributed by atoms with Crippen LogP contribution in [0.5, 0.6) is 0 Å². The van der Waals surface area contributed by atoms with Gasteiger partial charge in [0.2, 0.25) is 0 Å². The van der Waals surface area contributed by atoms with Crippen molar-refractivity contribution in [2.24, 2.45) is 4.99 Å². The summed E-state index contributed by atoms with van der Waals surface area (Å²) in [5, 5.41) is 6.19. The minimum atomic E-state index is -0.581. The lowest BCUT2D eigenvalue weighted by atomic mass is 10.1. The van der Waals surface area contributed by atoms with E-state index in [1.807, 2.05) is 6.07 Å². The van der Waals surface area contributed by atoms with Crippen molar-refractivity contribution in [3.05, 3.63) is 71.0 Å². The summed E-state index contributed by atoms with van der Waals surface area (Å²) in [6.45, 7) is 1.08. The van der Waals surface area contributed by atoms with E-state index in [0.29, 0.717) is 37.5 Å². The molecule has 0 saturated carbocycles. The molecule has 0 heterocycles. The molecule has 0 aliphatic heterocycles. The number of rotatable bonds is 6. The summed E-state index contributed by atoms with van der Waals surface area (Å²) in [5.41, 5.74) is 1.48. The number of halogens is 3. The number of guanidine groups is 1. The van der Waals surface area contributed by atoms with E-state index in [-0.39, 0.29) is 5.82 Å². The normalized spacial score (nSPS) is 11.4. The van der Waals surface area contributed by atoms with Gasteiger partial charge in [-0.1, -0.05) is 12.1 Å². The van der Waals surface area contributed by atoms with E-state index in [1.165, 1.54) is 24.3 Å². The first-order valence-electron chi connectivity index (χ1n) is 7.71. The van der Waals surface area contributed by atoms with Crippen LogP contribution in [-0.4, -0.2) is 26.1 Å². The molecule has 2 aromatic carbocycles. The first kappa shape index (κ1) is 17.8. The molecule has 0 saturated heterocycles. The van der Waals surface area contributed by atoms with E-state index < -0.39 is 11.6 Å². The Morgan fingerprint density at radius 3 is 2.00 bits per heavy atom. The van der Waals surface area contributed by atoms with E-state index in [0.717, 1.165) is 11.6 Å². The molecule has 0 bridgehead atoms. The second kappa shape index (κ2) is 8.96. The fourth-order valence-corrected chi connectivity index (χ4v) is 2.32. The zero-order chi connectivity index (χ0) is 17.4. The average molecular weight is 335 g/mol. The van der Waals surface area contributed by atoms with Gasteiger partial charge in [-0.05, 0) is 48.2 Å². The molecule has 2 aromatic rings. The van der Waals surface area contributed by atoms with Crippen LogP contribution in [-0.2, 0) is 12.8 Å². The van der Waals surface area contributed by atoms with Gasteiger partial charge in [-0.3, -0.25) is 4.99 Å². The molecular formula is C18H20F3N3. The zero-order valence-electron chi connectivity index (χ0n) is 13.5. The molecule has 6 heteroatoms. The summed E-state index contributed by atoms with van der Waals surface area (Å²) in [6.07, 6.45) is 1.13. The van der Waals surface area contributed by atoms with Crippen LogP contribution in [0.15, 0.2) is 47.5 Å². The highest BCUT2D eigenvalue weighted by Gasteiger charge is 2.02. The number of hydrogen-bond acceptors (Lipinski definition) is 1. The molecule has 0 aromatic heterocycles. The second-order valence-corrected chi connectivity index (χ2v) is 5.33. The van der Waals surface area contributed by atoms with Crippen LogP contribution in [0, 0.1) is 17.5 Å². The summed E-state index contributed by atoms with van der Waals surface area (Å²) >= 11 is 0. The average Bonchev–Trinajstić information content (AvgIpc) is 2.52. The third-order valence-corrected chi connectivity index (χ3v) is 3.45. The molecule has 3 nitrogen and oxygen atoms in total. The number of aliphatic imine (C=N–C) groups is 1. The van der Waals surface area contributed by atoms with Crippen molar-refractivity contribution in [2.75, 3.05) is 20.1 Å². The Morgan fingerprint density at radius 1 is 0.833 bits per heavy atom. The van der Waals surface area contributed by atoms with Gasteiger partial charge in [-0.2, -0.15) is 0 Å². The highest BCUT2D eigenvalue weighted by Crippen LogP contribution is 2.08. The maximum atomic E-state index is 13.1. The van der Waals surface area contributed by atoms with E-state index in [4.69, 9.17) is 0 Å². The number of hydrogen-bond donors (Lipinski definition) is 2. The SMILES string of the molecule is CN=C(NCCc1cccc(F)c1)NCCc1cc(F)cc(F)c1. The van der Waals surface area contributed by atoms with Crippen molar-refractivity contribution in [3.8, 4) is 0 Å². The second-order valence-electron chi connectivity index (χ2n) is 5.33. The Labute approximate surface area is 139 Å². The van der Waals surface area contributed by atoms with Crippen LogP contribution in [0.4, 0.5) is 13.2 Å². The zero-order valence-corrected chi connectivity index (χ0v) is 13.5. The molecule has 24 heavy (non-hydrogen) atoms. The van der Waals surface area contributed by atoms with Crippen LogP contribution >= 0.6 is 0 Å². The van der Waals surface area contributed by atoms with Crippen LogP contribution < -0.4 is 10.6 Å². The third kappa shape index (κ3) is 5.95. The third-order valence-electron chi connectivity index (χ3n) is 3.45. The topological polar surface area (TPSA) is 36.4 Å². The lowest BCUT2D eigenvalue weighted by Gasteiger charge is -2.12.